The van der Waals surface area contributed by atoms with E-state index in [0.717, 1.165) is 39.1 Å². The first-order valence-corrected chi connectivity index (χ1v) is 5.35. The molecule has 2 aliphatic rings. The molecule has 0 bridgehead atoms. The molecule has 0 aromatic heterocycles. The molecule has 2 heterocycles. The Labute approximate surface area is 84.6 Å². The van der Waals surface area contributed by atoms with E-state index in [-0.39, 0.29) is 11.8 Å². The molecule has 0 spiro atoms. The number of epoxide rings is 1. The maximum atomic E-state index is 11.4. The number of ether oxygens (including phenoxy) is 1. The van der Waals surface area contributed by atoms with Gasteiger partial charge in [-0.05, 0) is 19.4 Å². The second-order valence-electron chi connectivity index (χ2n) is 4.17. The largest absolute Gasteiger partial charge is 0.372 e. The highest BCUT2D eigenvalue weighted by Gasteiger charge is 2.30. The van der Waals surface area contributed by atoms with Crippen LogP contribution in [-0.2, 0) is 9.53 Å². The Morgan fingerprint density at radius 2 is 2.43 bits per heavy atom. The minimum absolute atomic E-state index is 0.186. The number of nitrogens with one attached hydrogen (secondary N) is 1. The molecule has 4 nitrogen and oxygen atoms in total. The summed E-state index contributed by atoms with van der Waals surface area (Å²) in [6.07, 6.45) is 2.60. The van der Waals surface area contributed by atoms with Crippen LogP contribution < -0.4 is 5.32 Å². The van der Waals surface area contributed by atoms with Gasteiger partial charge in [-0.3, -0.25) is 9.69 Å². The maximum absolute atomic E-state index is 11.4. The molecule has 14 heavy (non-hydrogen) atoms. The van der Waals surface area contributed by atoms with Crippen LogP contribution in [0.5, 0.6) is 0 Å². The Morgan fingerprint density at radius 1 is 1.64 bits per heavy atom. The fourth-order valence-electron chi connectivity index (χ4n) is 2.10. The van der Waals surface area contributed by atoms with Crippen molar-refractivity contribution in [1.82, 2.24) is 10.2 Å². The zero-order valence-corrected chi connectivity index (χ0v) is 8.66. The highest BCUT2D eigenvalue weighted by atomic mass is 16.6. The van der Waals surface area contributed by atoms with E-state index in [4.69, 9.17) is 4.74 Å². The summed E-state index contributed by atoms with van der Waals surface area (Å²) in [6.45, 7) is 3.93. The summed E-state index contributed by atoms with van der Waals surface area (Å²) in [5.41, 5.74) is 0. The van der Waals surface area contributed by atoms with Gasteiger partial charge < -0.3 is 10.1 Å². The third kappa shape index (κ3) is 2.45. The smallest absolute Gasteiger partial charge is 0.224 e. The quantitative estimate of drug-likeness (QED) is 0.641. The number of piperidine rings is 1. The second-order valence-corrected chi connectivity index (χ2v) is 4.17. The average Bonchev–Trinajstić information content (AvgIpc) is 3.01. The van der Waals surface area contributed by atoms with Gasteiger partial charge >= 0.3 is 0 Å². The van der Waals surface area contributed by atoms with Crippen molar-refractivity contribution in [2.45, 2.75) is 18.9 Å². The Balaban J connectivity index is 1.79. The lowest BCUT2D eigenvalue weighted by Gasteiger charge is -2.31. The van der Waals surface area contributed by atoms with Crippen LogP contribution in [0, 0.1) is 5.92 Å². The first-order chi connectivity index (χ1) is 6.79. The van der Waals surface area contributed by atoms with Crippen LogP contribution in [0.25, 0.3) is 0 Å². The van der Waals surface area contributed by atoms with E-state index in [9.17, 15) is 4.79 Å². The normalized spacial score (nSPS) is 32.6. The summed E-state index contributed by atoms with van der Waals surface area (Å²) in [7, 11) is 1.71. The van der Waals surface area contributed by atoms with Gasteiger partial charge in [0.2, 0.25) is 5.91 Å². The fourth-order valence-corrected chi connectivity index (χ4v) is 2.10. The minimum atomic E-state index is 0.186. The number of amides is 1. The lowest BCUT2D eigenvalue weighted by molar-refractivity contribution is -0.126. The van der Waals surface area contributed by atoms with Crippen LogP contribution in [0.3, 0.4) is 0 Å². The highest BCUT2D eigenvalue weighted by molar-refractivity contribution is 5.78. The van der Waals surface area contributed by atoms with Crippen molar-refractivity contribution in [3.8, 4) is 0 Å². The third-order valence-electron chi connectivity index (χ3n) is 2.99. The van der Waals surface area contributed by atoms with E-state index in [1.165, 1.54) is 0 Å². The molecule has 2 fully saturated rings. The molecule has 1 unspecified atom stereocenters. The number of hydrogen-bond acceptors (Lipinski definition) is 3. The van der Waals surface area contributed by atoms with Crippen molar-refractivity contribution in [3.63, 3.8) is 0 Å². The summed E-state index contributed by atoms with van der Waals surface area (Å²) < 4.78 is 5.19. The molecule has 1 N–H and O–H groups in total. The summed E-state index contributed by atoms with van der Waals surface area (Å²) in [6, 6.07) is 0. The van der Waals surface area contributed by atoms with Crippen LogP contribution in [-0.4, -0.2) is 50.2 Å². The molecular weight excluding hydrogens is 180 g/mol. The molecule has 1 amide bonds. The maximum Gasteiger partial charge on any atom is 0.224 e. The summed E-state index contributed by atoms with van der Waals surface area (Å²) >= 11 is 0. The van der Waals surface area contributed by atoms with Crippen LogP contribution in [0.2, 0.25) is 0 Å². The highest BCUT2D eigenvalue weighted by Crippen LogP contribution is 2.19. The monoisotopic (exact) mass is 198 g/mol. The van der Waals surface area contributed by atoms with E-state index < -0.39 is 0 Å². The Morgan fingerprint density at radius 3 is 3.07 bits per heavy atom. The molecule has 4 heteroatoms. The van der Waals surface area contributed by atoms with Gasteiger partial charge in [-0.25, -0.2) is 0 Å². The van der Waals surface area contributed by atoms with E-state index in [2.05, 4.69) is 10.2 Å². The van der Waals surface area contributed by atoms with Crippen molar-refractivity contribution in [2.75, 3.05) is 33.3 Å². The van der Waals surface area contributed by atoms with Crippen molar-refractivity contribution < 1.29 is 9.53 Å². The van der Waals surface area contributed by atoms with E-state index >= 15 is 0 Å². The molecule has 0 aromatic rings. The molecule has 0 saturated carbocycles. The number of nitrogens with zero attached hydrogens (tertiary/aromatic N) is 1. The second kappa shape index (κ2) is 4.28. The van der Waals surface area contributed by atoms with Gasteiger partial charge in [0.1, 0.15) is 0 Å². The van der Waals surface area contributed by atoms with Crippen molar-refractivity contribution in [3.05, 3.63) is 0 Å². The summed E-state index contributed by atoms with van der Waals surface area (Å²) in [5.74, 6) is 0.374. The predicted octanol–water partition coefficient (Wildman–Crippen LogP) is -0.157. The molecule has 0 radical (unpaired) electrons. The lowest BCUT2D eigenvalue weighted by Crippen LogP contribution is -2.43. The van der Waals surface area contributed by atoms with Gasteiger partial charge in [0.05, 0.1) is 18.6 Å². The van der Waals surface area contributed by atoms with Gasteiger partial charge in [-0.2, -0.15) is 0 Å². The molecule has 0 aromatic carbocycles. The molecule has 2 aliphatic heterocycles. The van der Waals surface area contributed by atoms with E-state index in [1.807, 2.05) is 0 Å². The predicted molar refractivity (Wildman–Crippen MR) is 53.0 cm³/mol. The zero-order chi connectivity index (χ0) is 9.97. The Kier molecular flexibility index (Phi) is 3.03. The van der Waals surface area contributed by atoms with Crippen LogP contribution in [0.1, 0.15) is 12.8 Å². The number of likely N-dealkylation sites (tertiary alicyclic amines) is 1. The molecule has 2 atom stereocenters. The molecule has 80 valence electrons. The molecular formula is C10H18N2O2. The van der Waals surface area contributed by atoms with Crippen LogP contribution in [0.4, 0.5) is 0 Å². The van der Waals surface area contributed by atoms with Crippen LogP contribution in [0.15, 0.2) is 0 Å². The standard InChI is InChI=1S/C10H18N2O2/c1-11-10(13)8-3-2-4-12(5-8)6-9-7-14-9/h8-9H,2-7H2,1H3,(H,11,13)/t8?,9-/m0/s1. The Bertz CT molecular complexity index is 216. The van der Waals surface area contributed by atoms with Crippen molar-refractivity contribution in [2.24, 2.45) is 5.92 Å². The minimum Gasteiger partial charge on any atom is -0.372 e. The van der Waals surface area contributed by atoms with Crippen LogP contribution >= 0.6 is 0 Å². The number of carbonyl (C=O) groups excluding carboxylic acids is 1. The number of rotatable bonds is 3. The van der Waals surface area contributed by atoms with Gasteiger partial charge in [0, 0.05) is 20.1 Å². The first kappa shape index (κ1) is 9.93. The molecule has 0 aliphatic carbocycles. The van der Waals surface area contributed by atoms with E-state index in [0.29, 0.717) is 6.10 Å². The molecule has 2 saturated heterocycles. The van der Waals surface area contributed by atoms with E-state index in [1.54, 1.807) is 7.05 Å². The number of carbonyl (C=O) groups is 1. The summed E-state index contributed by atoms with van der Waals surface area (Å²) in [4.78, 5) is 13.8. The third-order valence-corrected chi connectivity index (χ3v) is 2.99. The van der Waals surface area contributed by atoms with Gasteiger partial charge in [-0.1, -0.05) is 0 Å². The van der Waals surface area contributed by atoms with Gasteiger partial charge in [0.25, 0.3) is 0 Å². The van der Waals surface area contributed by atoms with Crippen molar-refractivity contribution >= 4 is 5.91 Å². The summed E-state index contributed by atoms with van der Waals surface area (Å²) in [5, 5.41) is 2.73. The number of hydrogen-bond donors (Lipinski definition) is 1. The zero-order valence-electron chi connectivity index (χ0n) is 8.66. The molecule has 2 rings (SSSR count). The Hall–Kier alpha value is -0.610. The lowest BCUT2D eigenvalue weighted by atomic mass is 9.97. The first-order valence-electron chi connectivity index (χ1n) is 5.35. The van der Waals surface area contributed by atoms with Gasteiger partial charge in [0.15, 0.2) is 0 Å². The van der Waals surface area contributed by atoms with Gasteiger partial charge in [-0.15, -0.1) is 0 Å². The SMILES string of the molecule is CNC(=O)C1CCCN(C[C@H]2CO2)C1. The van der Waals surface area contributed by atoms with Crippen molar-refractivity contribution in [1.29, 1.82) is 0 Å². The fraction of sp³-hybridized carbons (Fsp3) is 0.900. The average molecular weight is 198 g/mol. The topological polar surface area (TPSA) is 44.9 Å².